The number of carboxylic acids is 1. The number of hydrogen-bond donors (Lipinski definition) is 1. The number of carbonyl (C=O) groups is 2. The van der Waals surface area contributed by atoms with Gasteiger partial charge in [-0.15, -0.1) is 0 Å². The molecule has 8 nitrogen and oxygen atoms in total. The van der Waals surface area contributed by atoms with Crippen molar-refractivity contribution in [1.29, 1.82) is 0 Å². The molecule has 1 aliphatic heterocycles. The van der Waals surface area contributed by atoms with Crippen LogP contribution in [-0.4, -0.2) is 50.0 Å². The minimum atomic E-state index is -4.06. The normalized spacial score (nSPS) is 22.3. The summed E-state index contributed by atoms with van der Waals surface area (Å²) in [6.45, 7) is 4.33. The lowest BCUT2D eigenvalue weighted by Gasteiger charge is -2.20. The van der Waals surface area contributed by atoms with Crippen LogP contribution in [0.3, 0.4) is 0 Å². The van der Waals surface area contributed by atoms with Gasteiger partial charge in [-0.1, -0.05) is 0 Å². The number of aliphatic carboxylic acids is 1. The number of methoxy groups -OCH3 is 1. The van der Waals surface area contributed by atoms with Gasteiger partial charge in [0.05, 0.1) is 12.5 Å². The lowest BCUT2D eigenvalue weighted by molar-refractivity contribution is -0.146. The standard InChI is InChI=1S/C14H19NO7S/c1-8-10(12(16)21-4)11(9(2)22-8)23(19,20)15-6-5-14(3,7-15)13(17)18/h5-7H2,1-4H3,(H,17,18). The highest BCUT2D eigenvalue weighted by molar-refractivity contribution is 7.89. The van der Waals surface area contributed by atoms with E-state index in [0.29, 0.717) is 0 Å². The second kappa shape index (κ2) is 5.64. The van der Waals surface area contributed by atoms with Gasteiger partial charge in [0.25, 0.3) is 0 Å². The first-order chi connectivity index (χ1) is 10.5. The number of carbonyl (C=O) groups excluding carboxylic acids is 1. The molecule has 128 valence electrons. The molecule has 0 radical (unpaired) electrons. The third kappa shape index (κ3) is 2.74. The molecule has 1 aromatic heterocycles. The Morgan fingerprint density at radius 3 is 2.39 bits per heavy atom. The highest BCUT2D eigenvalue weighted by Crippen LogP contribution is 2.36. The topological polar surface area (TPSA) is 114 Å². The molecule has 2 heterocycles. The Labute approximate surface area is 134 Å². The first-order valence-corrected chi connectivity index (χ1v) is 8.40. The summed E-state index contributed by atoms with van der Waals surface area (Å²) >= 11 is 0. The van der Waals surface area contributed by atoms with Gasteiger partial charge < -0.3 is 14.3 Å². The maximum Gasteiger partial charge on any atom is 0.342 e. The van der Waals surface area contributed by atoms with Gasteiger partial charge in [0.1, 0.15) is 22.0 Å². The highest BCUT2D eigenvalue weighted by Gasteiger charge is 2.46. The van der Waals surface area contributed by atoms with E-state index in [9.17, 15) is 23.1 Å². The van der Waals surface area contributed by atoms with Gasteiger partial charge in [-0.2, -0.15) is 4.31 Å². The fourth-order valence-corrected chi connectivity index (χ4v) is 4.67. The monoisotopic (exact) mass is 345 g/mol. The summed E-state index contributed by atoms with van der Waals surface area (Å²) in [5.41, 5.74) is -1.29. The molecule has 0 spiro atoms. The Morgan fingerprint density at radius 1 is 1.30 bits per heavy atom. The summed E-state index contributed by atoms with van der Waals surface area (Å²) in [6, 6.07) is 0. The Kier molecular flexibility index (Phi) is 4.29. The average molecular weight is 345 g/mol. The Morgan fingerprint density at radius 2 is 1.91 bits per heavy atom. The maximum atomic E-state index is 12.9. The van der Waals surface area contributed by atoms with Gasteiger partial charge in [0.2, 0.25) is 10.0 Å². The molecule has 1 atom stereocenters. The minimum Gasteiger partial charge on any atom is -0.481 e. The van der Waals surface area contributed by atoms with Crippen molar-refractivity contribution in [3.05, 3.63) is 17.1 Å². The molecular formula is C14H19NO7S. The van der Waals surface area contributed by atoms with Crippen molar-refractivity contribution in [3.63, 3.8) is 0 Å². The average Bonchev–Trinajstić information content (AvgIpc) is 3.00. The van der Waals surface area contributed by atoms with Crippen LogP contribution >= 0.6 is 0 Å². The number of sulfonamides is 1. The van der Waals surface area contributed by atoms with E-state index in [4.69, 9.17) is 4.42 Å². The van der Waals surface area contributed by atoms with Crippen LogP contribution in [0.2, 0.25) is 0 Å². The van der Waals surface area contributed by atoms with Crippen molar-refractivity contribution < 1.29 is 32.3 Å². The molecule has 9 heteroatoms. The summed E-state index contributed by atoms with van der Waals surface area (Å²) in [5, 5.41) is 9.25. The number of esters is 1. The molecule has 2 rings (SSSR count). The van der Waals surface area contributed by atoms with Crippen LogP contribution in [0.15, 0.2) is 9.31 Å². The minimum absolute atomic E-state index is 0.0649. The number of nitrogens with zero attached hydrogens (tertiary/aromatic N) is 1. The molecule has 0 aromatic carbocycles. The second-order valence-corrected chi connectivity index (χ2v) is 7.74. The van der Waals surface area contributed by atoms with E-state index in [-0.39, 0.29) is 41.5 Å². The molecule has 1 saturated heterocycles. The lowest BCUT2D eigenvalue weighted by Crippen LogP contribution is -2.35. The number of hydrogen-bond acceptors (Lipinski definition) is 6. The van der Waals surface area contributed by atoms with Gasteiger partial charge in [-0.25, -0.2) is 13.2 Å². The van der Waals surface area contributed by atoms with E-state index >= 15 is 0 Å². The Bertz CT molecular complexity index is 764. The summed E-state index contributed by atoms with van der Waals surface area (Å²) in [4.78, 5) is 23.0. The maximum absolute atomic E-state index is 12.9. The van der Waals surface area contributed by atoms with E-state index in [0.717, 1.165) is 11.4 Å². The van der Waals surface area contributed by atoms with Crippen molar-refractivity contribution in [2.45, 2.75) is 32.1 Å². The number of carboxylic acid groups (broad SMARTS) is 1. The van der Waals surface area contributed by atoms with E-state index in [2.05, 4.69) is 4.74 Å². The molecule has 1 fully saturated rings. The predicted molar refractivity (Wildman–Crippen MR) is 78.6 cm³/mol. The zero-order chi connectivity index (χ0) is 17.6. The van der Waals surface area contributed by atoms with Crippen LogP contribution in [0.1, 0.15) is 35.2 Å². The zero-order valence-corrected chi connectivity index (χ0v) is 14.2. The van der Waals surface area contributed by atoms with E-state index in [1.165, 1.54) is 20.8 Å². The summed E-state index contributed by atoms with van der Waals surface area (Å²) in [5.74, 6) is -1.64. The zero-order valence-electron chi connectivity index (χ0n) is 13.4. The van der Waals surface area contributed by atoms with Crippen LogP contribution in [0.4, 0.5) is 0 Å². The van der Waals surface area contributed by atoms with Crippen molar-refractivity contribution in [2.75, 3.05) is 20.2 Å². The lowest BCUT2D eigenvalue weighted by atomic mass is 9.90. The van der Waals surface area contributed by atoms with Gasteiger partial charge in [-0.05, 0) is 27.2 Å². The number of rotatable bonds is 4. The quantitative estimate of drug-likeness (QED) is 0.815. The fourth-order valence-electron chi connectivity index (χ4n) is 2.74. The van der Waals surface area contributed by atoms with Gasteiger partial charge in [0, 0.05) is 13.1 Å². The first kappa shape index (κ1) is 17.5. The van der Waals surface area contributed by atoms with Gasteiger partial charge in [0.15, 0.2) is 0 Å². The second-order valence-electron chi connectivity index (χ2n) is 5.86. The van der Waals surface area contributed by atoms with Crippen molar-refractivity contribution in [2.24, 2.45) is 5.41 Å². The van der Waals surface area contributed by atoms with Crippen molar-refractivity contribution in [1.82, 2.24) is 4.31 Å². The molecule has 0 bridgehead atoms. The SMILES string of the molecule is COC(=O)c1c(C)oc(C)c1S(=O)(=O)N1CCC(C)(C(=O)O)C1. The molecule has 1 N–H and O–H groups in total. The molecule has 1 aliphatic rings. The molecular weight excluding hydrogens is 326 g/mol. The number of ether oxygens (including phenoxy) is 1. The van der Waals surface area contributed by atoms with E-state index in [1.54, 1.807) is 0 Å². The summed E-state index contributed by atoms with van der Waals surface area (Å²) < 4.78 is 36.8. The molecule has 23 heavy (non-hydrogen) atoms. The van der Waals surface area contributed by atoms with Crippen LogP contribution in [0.5, 0.6) is 0 Å². The van der Waals surface area contributed by atoms with E-state index < -0.39 is 27.4 Å². The first-order valence-electron chi connectivity index (χ1n) is 6.96. The Balaban J connectivity index is 2.50. The molecule has 0 aliphatic carbocycles. The number of furan rings is 1. The summed E-state index contributed by atoms with van der Waals surface area (Å²) in [6.07, 6.45) is 0.199. The molecule has 0 saturated carbocycles. The van der Waals surface area contributed by atoms with Gasteiger partial charge >= 0.3 is 11.9 Å². The number of aryl methyl sites for hydroxylation is 2. The van der Waals surface area contributed by atoms with Crippen molar-refractivity contribution in [3.8, 4) is 0 Å². The fraction of sp³-hybridized carbons (Fsp3) is 0.571. The van der Waals surface area contributed by atoms with Gasteiger partial charge in [-0.3, -0.25) is 4.79 Å². The highest BCUT2D eigenvalue weighted by atomic mass is 32.2. The third-order valence-corrected chi connectivity index (χ3v) is 6.15. The van der Waals surface area contributed by atoms with Crippen LogP contribution in [0.25, 0.3) is 0 Å². The third-order valence-electron chi connectivity index (χ3n) is 4.15. The predicted octanol–water partition coefficient (Wildman–Crippen LogP) is 1.17. The van der Waals surface area contributed by atoms with Crippen molar-refractivity contribution >= 4 is 22.0 Å². The summed E-state index contributed by atoms with van der Waals surface area (Å²) in [7, 11) is -2.91. The van der Waals surface area contributed by atoms with E-state index in [1.807, 2.05) is 0 Å². The smallest absolute Gasteiger partial charge is 0.342 e. The molecule has 0 amide bonds. The Hall–Kier alpha value is -1.87. The van der Waals surface area contributed by atoms with Crippen LogP contribution in [-0.2, 0) is 19.6 Å². The molecule has 1 aromatic rings. The van der Waals surface area contributed by atoms with Crippen LogP contribution in [0, 0.1) is 19.3 Å². The van der Waals surface area contributed by atoms with Crippen LogP contribution < -0.4 is 0 Å². The molecule has 1 unspecified atom stereocenters. The largest absolute Gasteiger partial charge is 0.481 e.